The fourth-order valence-electron chi connectivity index (χ4n) is 2.72. The second-order valence-electron chi connectivity index (χ2n) is 6.00. The third-order valence-corrected chi connectivity index (χ3v) is 6.03. The zero-order valence-corrected chi connectivity index (χ0v) is 16.3. The Labute approximate surface area is 164 Å². The highest BCUT2D eigenvalue weighted by Gasteiger charge is 2.32. The normalized spacial score (nSPS) is 12.4. The summed E-state index contributed by atoms with van der Waals surface area (Å²) in [5, 5.41) is 8.88. The van der Waals surface area contributed by atoms with Crippen LogP contribution in [0, 0.1) is 0 Å². The lowest BCUT2D eigenvalue weighted by Crippen LogP contribution is -2.42. The summed E-state index contributed by atoms with van der Waals surface area (Å²) in [5.74, 6) is -0.159. The molecule has 1 amide bonds. The summed E-state index contributed by atoms with van der Waals surface area (Å²) in [5.41, 5.74) is 2.22. The minimum atomic E-state index is -3.96. The Morgan fingerprint density at radius 3 is 2.61 bits per heavy atom. The maximum absolute atomic E-state index is 13.4. The average Bonchev–Trinajstić information content (AvgIpc) is 2.72. The van der Waals surface area contributed by atoms with E-state index in [-0.39, 0.29) is 24.3 Å². The first-order chi connectivity index (χ1) is 13.4. The van der Waals surface area contributed by atoms with E-state index in [0.717, 1.165) is 0 Å². The van der Waals surface area contributed by atoms with Gasteiger partial charge in [0.2, 0.25) is 15.9 Å². The van der Waals surface area contributed by atoms with Crippen LogP contribution < -0.4 is 10.2 Å². The van der Waals surface area contributed by atoms with Crippen LogP contribution in [0.4, 0.5) is 0 Å². The number of pyridine rings is 1. The number of methoxy groups -OCH3 is 1. The molecule has 0 aliphatic rings. The molecule has 8 nitrogen and oxygen atoms in total. The SMILES string of the molecule is C=CC[C@@H](CC(=O)NO)N(Cc1cccnc1)S(=O)(=O)c1ccc(OC)cc1. The van der Waals surface area contributed by atoms with Crippen LogP contribution in [0.3, 0.4) is 0 Å². The molecule has 0 aliphatic carbocycles. The van der Waals surface area contributed by atoms with Crippen molar-refractivity contribution in [3.63, 3.8) is 0 Å². The third kappa shape index (κ3) is 5.38. The van der Waals surface area contributed by atoms with Crippen molar-refractivity contribution >= 4 is 15.9 Å². The molecule has 9 heteroatoms. The number of ether oxygens (including phenoxy) is 1. The molecular formula is C19H23N3O5S. The van der Waals surface area contributed by atoms with Gasteiger partial charge in [-0.3, -0.25) is 15.0 Å². The van der Waals surface area contributed by atoms with Crippen LogP contribution in [0.1, 0.15) is 18.4 Å². The molecule has 0 unspecified atom stereocenters. The van der Waals surface area contributed by atoms with Crippen LogP contribution in [0.15, 0.2) is 66.3 Å². The van der Waals surface area contributed by atoms with E-state index < -0.39 is 22.0 Å². The highest BCUT2D eigenvalue weighted by atomic mass is 32.2. The van der Waals surface area contributed by atoms with Crippen molar-refractivity contribution in [1.82, 2.24) is 14.8 Å². The molecule has 0 saturated carbocycles. The molecular weight excluding hydrogens is 382 g/mol. The van der Waals surface area contributed by atoms with Crippen LogP contribution in [0.5, 0.6) is 5.75 Å². The van der Waals surface area contributed by atoms with Gasteiger partial charge >= 0.3 is 0 Å². The number of carbonyl (C=O) groups is 1. The summed E-state index contributed by atoms with van der Waals surface area (Å²) in [7, 11) is -2.47. The molecule has 2 rings (SSSR count). The van der Waals surface area contributed by atoms with Crippen molar-refractivity contribution in [3.8, 4) is 5.75 Å². The minimum Gasteiger partial charge on any atom is -0.497 e. The molecule has 150 valence electrons. The van der Waals surface area contributed by atoms with Gasteiger partial charge in [-0.1, -0.05) is 12.1 Å². The number of nitrogens with zero attached hydrogens (tertiary/aromatic N) is 2. The van der Waals surface area contributed by atoms with Crippen LogP contribution >= 0.6 is 0 Å². The van der Waals surface area contributed by atoms with Crippen molar-refractivity contribution in [3.05, 3.63) is 67.0 Å². The molecule has 2 N–H and O–H groups in total. The number of benzene rings is 1. The largest absolute Gasteiger partial charge is 0.497 e. The second kappa shape index (κ2) is 9.98. The summed E-state index contributed by atoms with van der Waals surface area (Å²) >= 11 is 0. The number of aromatic nitrogens is 1. The third-order valence-electron chi connectivity index (χ3n) is 4.12. The quantitative estimate of drug-likeness (QED) is 0.356. The lowest BCUT2D eigenvalue weighted by Gasteiger charge is -2.30. The van der Waals surface area contributed by atoms with E-state index >= 15 is 0 Å². The summed E-state index contributed by atoms with van der Waals surface area (Å²) in [6.45, 7) is 3.67. The van der Waals surface area contributed by atoms with Crippen LogP contribution in [0.25, 0.3) is 0 Å². The molecule has 28 heavy (non-hydrogen) atoms. The number of rotatable bonds is 10. The van der Waals surface area contributed by atoms with Gasteiger partial charge in [0.25, 0.3) is 0 Å². The number of nitrogens with one attached hydrogen (secondary N) is 1. The molecule has 0 radical (unpaired) electrons. The fourth-order valence-corrected chi connectivity index (χ4v) is 4.34. The van der Waals surface area contributed by atoms with Gasteiger partial charge in [0, 0.05) is 31.4 Å². The number of hydroxylamine groups is 1. The van der Waals surface area contributed by atoms with E-state index in [4.69, 9.17) is 9.94 Å². The Kier molecular flexibility index (Phi) is 7.68. The van der Waals surface area contributed by atoms with E-state index in [1.54, 1.807) is 42.1 Å². The number of carbonyl (C=O) groups excluding carboxylic acids is 1. The second-order valence-corrected chi connectivity index (χ2v) is 7.89. The zero-order chi connectivity index (χ0) is 20.6. The Hall–Kier alpha value is -2.75. The van der Waals surface area contributed by atoms with Gasteiger partial charge < -0.3 is 4.74 Å². The Balaban J connectivity index is 2.47. The van der Waals surface area contributed by atoms with Crippen molar-refractivity contribution < 1.29 is 23.2 Å². The summed E-state index contributed by atoms with van der Waals surface area (Å²) < 4.78 is 33.0. The minimum absolute atomic E-state index is 0.0133. The molecule has 0 bridgehead atoms. The van der Waals surface area contributed by atoms with Gasteiger partial charge in [0.05, 0.1) is 12.0 Å². The van der Waals surface area contributed by atoms with Crippen molar-refractivity contribution in [2.75, 3.05) is 7.11 Å². The van der Waals surface area contributed by atoms with E-state index in [1.165, 1.54) is 29.6 Å². The first-order valence-electron chi connectivity index (χ1n) is 8.51. The predicted molar refractivity (Wildman–Crippen MR) is 103 cm³/mol. The topological polar surface area (TPSA) is 109 Å². The Morgan fingerprint density at radius 2 is 2.07 bits per heavy atom. The first kappa shape index (κ1) is 21.5. The highest BCUT2D eigenvalue weighted by molar-refractivity contribution is 7.89. The summed E-state index contributed by atoms with van der Waals surface area (Å²) in [6.07, 6.45) is 4.69. The lowest BCUT2D eigenvalue weighted by molar-refractivity contribution is -0.130. The fraction of sp³-hybridized carbons (Fsp3) is 0.263. The van der Waals surface area contributed by atoms with E-state index in [1.807, 2.05) is 0 Å². The van der Waals surface area contributed by atoms with Gasteiger partial charge in [0.1, 0.15) is 5.75 Å². The molecule has 2 aromatic rings. The highest BCUT2D eigenvalue weighted by Crippen LogP contribution is 2.25. The maximum atomic E-state index is 13.4. The number of amides is 1. The van der Waals surface area contributed by atoms with E-state index in [0.29, 0.717) is 11.3 Å². The average molecular weight is 405 g/mol. The number of sulfonamides is 1. The van der Waals surface area contributed by atoms with Crippen LogP contribution in [-0.2, 0) is 21.4 Å². The first-order valence-corrected chi connectivity index (χ1v) is 9.95. The molecule has 0 saturated heterocycles. The van der Waals surface area contributed by atoms with Crippen LogP contribution in [-0.4, -0.2) is 42.0 Å². The molecule has 1 heterocycles. The number of hydrogen-bond donors (Lipinski definition) is 2. The zero-order valence-electron chi connectivity index (χ0n) is 15.5. The predicted octanol–water partition coefficient (Wildman–Crippen LogP) is 2.12. The number of hydrogen-bond acceptors (Lipinski definition) is 6. The molecule has 1 aromatic heterocycles. The van der Waals surface area contributed by atoms with Crippen molar-refractivity contribution in [2.45, 2.75) is 30.3 Å². The lowest BCUT2D eigenvalue weighted by atomic mass is 10.1. The molecule has 0 fully saturated rings. The molecule has 1 atom stereocenters. The van der Waals surface area contributed by atoms with Gasteiger partial charge in [0.15, 0.2) is 0 Å². The van der Waals surface area contributed by atoms with Gasteiger partial charge in [-0.2, -0.15) is 4.31 Å². The van der Waals surface area contributed by atoms with Gasteiger partial charge in [-0.15, -0.1) is 6.58 Å². The monoisotopic (exact) mass is 405 g/mol. The van der Waals surface area contributed by atoms with Gasteiger partial charge in [-0.05, 0) is 42.3 Å². The smallest absolute Gasteiger partial charge is 0.244 e. The van der Waals surface area contributed by atoms with Gasteiger partial charge in [-0.25, -0.2) is 13.9 Å². The maximum Gasteiger partial charge on any atom is 0.244 e. The van der Waals surface area contributed by atoms with Crippen molar-refractivity contribution in [2.24, 2.45) is 0 Å². The van der Waals surface area contributed by atoms with Crippen molar-refractivity contribution in [1.29, 1.82) is 0 Å². The Bertz CT molecular complexity index is 886. The van der Waals surface area contributed by atoms with Crippen LogP contribution in [0.2, 0.25) is 0 Å². The van der Waals surface area contributed by atoms with E-state index in [2.05, 4.69) is 11.6 Å². The summed E-state index contributed by atoms with van der Waals surface area (Å²) in [4.78, 5) is 15.8. The summed E-state index contributed by atoms with van der Waals surface area (Å²) in [6, 6.07) is 8.72. The molecule has 1 aromatic carbocycles. The standard InChI is InChI=1S/C19H23N3O5S/c1-3-5-16(12-19(23)21-24)22(14-15-6-4-11-20-13-15)28(25,26)18-9-7-17(27-2)8-10-18/h3-4,6-11,13,16,24H,1,5,12,14H2,2H3,(H,21,23)/t16-/m0/s1. The van der Waals surface area contributed by atoms with E-state index in [9.17, 15) is 13.2 Å². The molecule has 0 spiro atoms. The molecule has 0 aliphatic heterocycles. The Morgan fingerprint density at radius 1 is 1.36 bits per heavy atom.